The minimum Gasteiger partial charge on any atom is -0.439 e. The number of nitrogens with zero attached hydrogens (tertiary/aromatic N) is 1. The van der Waals surface area contributed by atoms with Crippen LogP contribution < -0.4 is 9.47 Å². The van der Waals surface area contributed by atoms with Crippen molar-refractivity contribution in [1.29, 1.82) is 0 Å². The van der Waals surface area contributed by atoms with Crippen LogP contribution in [0, 0.1) is 0 Å². The highest BCUT2D eigenvalue weighted by atomic mass is 19.4. The van der Waals surface area contributed by atoms with E-state index in [4.69, 9.17) is 4.74 Å². The van der Waals surface area contributed by atoms with E-state index in [-0.39, 0.29) is 11.5 Å². The van der Waals surface area contributed by atoms with Gasteiger partial charge in [0.05, 0.1) is 0 Å². The fraction of sp³-hybridized carbons (Fsp3) is 0.0833. The molecule has 1 heterocycles. The minimum atomic E-state index is -4.72. The van der Waals surface area contributed by atoms with Gasteiger partial charge in [-0.25, -0.2) is 4.98 Å². The quantitative estimate of drug-likeness (QED) is 0.836. The zero-order chi connectivity index (χ0) is 13.0. The number of hydrogen-bond acceptors (Lipinski definition) is 3. The van der Waals surface area contributed by atoms with Crippen LogP contribution in [-0.4, -0.2) is 11.3 Å². The summed E-state index contributed by atoms with van der Waals surface area (Å²) >= 11 is 0. The molecule has 1 aromatic carbocycles. The Morgan fingerprint density at radius 2 is 1.72 bits per heavy atom. The maximum atomic E-state index is 12.0. The van der Waals surface area contributed by atoms with Gasteiger partial charge in [-0.15, -0.1) is 13.2 Å². The Morgan fingerprint density at radius 3 is 2.39 bits per heavy atom. The molecule has 1 aromatic heterocycles. The average molecular weight is 255 g/mol. The van der Waals surface area contributed by atoms with E-state index in [0.29, 0.717) is 5.88 Å². The molecule has 0 aliphatic heterocycles. The highest BCUT2D eigenvalue weighted by Crippen LogP contribution is 2.27. The van der Waals surface area contributed by atoms with Crippen LogP contribution in [-0.2, 0) is 0 Å². The fourth-order valence-electron chi connectivity index (χ4n) is 1.26. The first-order valence-corrected chi connectivity index (χ1v) is 4.98. The Morgan fingerprint density at radius 1 is 0.944 bits per heavy atom. The van der Waals surface area contributed by atoms with Gasteiger partial charge in [0.1, 0.15) is 11.5 Å². The molecule has 94 valence electrons. The molecule has 0 saturated heterocycles. The molecule has 0 radical (unpaired) electrons. The molecule has 0 bridgehead atoms. The second-order valence-corrected chi connectivity index (χ2v) is 3.29. The minimum absolute atomic E-state index is 0.218. The normalized spacial score (nSPS) is 11.1. The molecule has 6 heteroatoms. The Kier molecular flexibility index (Phi) is 3.36. The fourth-order valence-corrected chi connectivity index (χ4v) is 1.26. The molecule has 3 nitrogen and oxygen atoms in total. The smallest absolute Gasteiger partial charge is 0.439 e. The number of aromatic nitrogens is 1. The molecule has 0 spiro atoms. The number of halogens is 3. The number of hydrogen-bond donors (Lipinski definition) is 0. The van der Waals surface area contributed by atoms with Crippen molar-refractivity contribution >= 4 is 0 Å². The lowest BCUT2D eigenvalue weighted by Crippen LogP contribution is -2.17. The molecular formula is C12H8F3NO2. The second kappa shape index (κ2) is 4.95. The molecule has 0 fully saturated rings. The van der Waals surface area contributed by atoms with E-state index in [1.807, 2.05) is 0 Å². The first kappa shape index (κ1) is 12.2. The lowest BCUT2D eigenvalue weighted by molar-refractivity contribution is -0.274. The van der Waals surface area contributed by atoms with Gasteiger partial charge in [0, 0.05) is 18.3 Å². The molecule has 0 aliphatic rings. The van der Waals surface area contributed by atoms with Crippen molar-refractivity contribution in [2.75, 3.05) is 0 Å². The predicted molar refractivity (Wildman–Crippen MR) is 57.4 cm³/mol. The van der Waals surface area contributed by atoms with E-state index in [1.54, 1.807) is 18.2 Å². The molecule has 0 N–H and O–H groups in total. The molecule has 2 aromatic rings. The van der Waals surface area contributed by atoms with Crippen molar-refractivity contribution in [3.63, 3.8) is 0 Å². The van der Waals surface area contributed by atoms with Crippen molar-refractivity contribution in [3.05, 3.63) is 48.7 Å². The topological polar surface area (TPSA) is 31.4 Å². The van der Waals surface area contributed by atoms with Gasteiger partial charge in [-0.3, -0.25) is 0 Å². The maximum Gasteiger partial charge on any atom is 0.573 e. The second-order valence-electron chi connectivity index (χ2n) is 3.29. The van der Waals surface area contributed by atoms with Gasteiger partial charge in [-0.2, -0.15) is 0 Å². The van der Waals surface area contributed by atoms with Crippen molar-refractivity contribution in [3.8, 4) is 17.4 Å². The molecule has 18 heavy (non-hydrogen) atoms. The third-order valence-corrected chi connectivity index (χ3v) is 1.90. The summed E-state index contributed by atoms with van der Waals surface area (Å²) in [6, 6.07) is 10.3. The average Bonchev–Trinajstić information content (AvgIpc) is 2.28. The van der Waals surface area contributed by atoms with Crippen molar-refractivity contribution in [1.82, 2.24) is 4.98 Å². The molecule has 2 rings (SSSR count). The molecule has 0 saturated carbocycles. The summed E-state index contributed by atoms with van der Waals surface area (Å²) in [5.74, 6) is 0.174. The molecule has 0 unspecified atom stereocenters. The van der Waals surface area contributed by atoms with Crippen molar-refractivity contribution in [2.24, 2.45) is 0 Å². The van der Waals surface area contributed by atoms with Gasteiger partial charge in [0.25, 0.3) is 0 Å². The first-order valence-electron chi connectivity index (χ1n) is 4.98. The van der Waals surface area contributed by atoms with Crippen LogP contribution >= 0.6 is 0 Å². The van der Waals surface area contributed by atoms with Crippen LogP contribution in [0.2, 0.25) is 0 Å². The van der Waals surface area contributed by atoms with Crippen molar-refractivity contribution in [2.45, 2.75) is 6.36 Å². The Labute approximate surface area is 101 Å². The summed E-state index contributed by atoms with van der Waals surface area (Å²) in [6.45, 7) is 0. The summed E-state index contributed by atoms with van der Waals surface area (Å²) in [7, 11) is 0. The Balaban J connectivity index is 2.13. The summed E-state index contributed by atoms with van der Waals surface area (Å²) in [6.07, 6.45) is -3.20. The standard InChI is InChI=1S/C12H8F3NO2/c13-12(14,15)18-10-5-3-4-9(8-10)17-11-6-1-2-7-16-11/h1-8H. The van der Waals surface area contributed by atoms with Crippen LogP contribution in [0.4, 0.5) is 13.2 Å². The van der Waals surface area contributed by atoms with Crippen molar-refractivity contribution < 1.29 is 22.6 Å². The van der Waals surface area contributed by atoms with E-state index < -0.39 is 6.36 Å². The largest absolute Gasteiger partial charge is 0.573 e. The lowest BCUT2D eigenvalue weighted by atomic mass is 10.3. The van der Waals surface area contributed by atoms with E-state index >= 15 is 0 Å². The van der Waals surface area contributed by atoms with E-state index in [1.165, 1.54) is 24.4 Å². The number of alkyl halides is 3. The van der Waals surface area contributed by atoms with Gasteiger partial charge < -0.3 is 9.47 Å². The number of pyridine rings is 1. The number of rotatable bonds is 3. The van der Waals surface area contributed by atoms with Crippen LogP contribution in [0.15, 0.2) is 48.7 Å². The number of ether oxygens (including phenoxy) is 2. The predicted octanol–water partition coefficient (Wildman–Crippen LogP) is 3.77. The highest BCUT2D eigenvalue weighted by Gasteiger charge is 2.31. The van der Waals surface area contributed by atoms with Crippen LogP contribution in [0.3, 0.4) is 0 Å². The van der Waals surface area contributed by atoms with E-state index in [9.17, 15) is 13.2 Å². The summed E-state index contributed by atoms with van der Waals surface area (Å²) in [5, 5.41) is 0. The van der Waals surface area contributed by atoms with Crippen LogP contribution in [0.25, 0.3) is 0 Å². The first-order chi connectivity index (χ1) is 8.53. The maximum absolute atomic E-state index is 12.0. The highest BCUT2D eigenvalue weighted by molar-refractivity contribution is 5.35. The summed E-state index contributed by atoms with van der Waals surface area (Å²) in [4.78, 5) is 3.89. The SMILES string of the molecule is FC(F)(F)Oc1cccc(Oc2ccccn2)c1. The third kappa shape index (κ3) is 3.65. The van der Waals surface area contributed by atoms with Gasteiger partial charge >= 0.3 is 6.36 Å². The van der Waals surface area contributed by atoms with Gasteiger partial charge in [-0.05, 0) is 18.2 Å². The lowest BCUT2D eigenvalue weighted by Gasteiger charge is -2.10. The summed E-state index contributed by atoms with van der Waals surface area (Å²) in [5.41, 5.74) is 0. The molecule has 0 amide bonds. The van der Waals surface area contributed by atoms with Crippen LogP contribution in [0.1, 0.15) is 0 Å². The molecule has 0 aliphatic carbocycles. The van der Waals surface area contributed by atoms with E-state index in [2.05, 4.69) is 9.72 Å². The summed E-state index contributed by atoms with van der Waals surface area (Å²) < 4.78 is 45.1. The van der Waals surface area contributed by atoms with Gasteiger partial charge in [-0.1, -0.05) is 12.1 Å². The van der Waals surface area contributed by atoms with Crippen LogP contribution in [0.5, 0.6) is 17.4 Å². The molecule has 0 atom stereocenters. The molecular weight excluding hydrogens is 247 g/mol. The van der Waals surface area contributed by atoms with Gasteiger partial charge in [0.15, 0.2) is 0 Å². The third-order valence-electron chi connectivity index (χ3n) is 1.90. The zero-order valence-electron chi connectivity index (χ0n) is 9.02. The van der Waals surface area contributed by atoms with Gasteiger partial charge in [0.2, 0.25) is 5.88 Å². The Hall–Kier alpha value is -2.24. The van der Waals surface area contributed by atoms with E-state index in [0.717, 1.165) is 6.07 Å². The zero-order valence-corrected chi connectivity index (χ0v) is 9.02. The monoisotopic (exact) mass is 255 g/mol. The Bertz CT molecular complexity index is 514. The number of benzene rings is 1.